The highest BCUT2D eigenvalue weighted by Crippen LogP contribution is 2.19. The molecule has 1 N–H and O–H groups in total. The van der Waals surface area contributed by atoms with Crippen molar-refractivity contribution < 1.29 is 17.9 Å². The van der Waals surface area contributed by atoms with Crippen molar-refractivity contribution in [2.24, 2.45) is 0 Å². The Hall–Kier alpha value is -2.09. The summed E-state index contributed by atoms with van der Waals surface area (Å²) >= 11 is 6.10. The summed E-state index contributed by atoms with van der Waals surface area (Å²) in [6.07, 6.45) is 1.15. The third-order valence-electron chi connectivity index (χ3n) is 3.74. The van der Waals surface area contributed by atoms with Crippen molar-refractivity contribution in [3.63, 3.8) is 0 Å². The van der Waals surface area contributed by atoms with E-state index in [-0.39, 0.29) is 25.4 Å². The third kappa shape index (κ3) is 6.01. The molecule has 0 saturated carbocycles. The van der Waals surface area contributed by atoms with Gasteiger partial charge < -0.3 is 10.1 Å². The van der Waals surface area contributed by atoms with E-state index in [1.54, 1.807) is 55.6 Å². The molecule has 140 valence electrons. The van der Waals surface area contributed by atoms with Gasteiger partial charge in [-0.25, -0.2) is 8.42 Å². The Kier molecular flexibility index (Phi) is 7.02. The maximum Gasteiger partial charge on any atom is 0.225 e. The zero-order chi connectivity index (χ0) is 19.2. The number of methoxy groups -OCH3 is 1. The maximum atomic E-state index is 12.1. The van der Waals surface area contributed by atoms with E-state index in [0.29, 0.717) is 22.0 Å². The van der Waals surface area contributed by atoms with E-state index in [0.717, 1.165) is 6.26 Å². The van der Waals surface area contributed by atoms with Gasteiger partial charge >= 0.3 is 0 Å². The van der Waals surface area contributed by atoms with Gasteiger partial charge in [-0.2, -0.15) is 4.31 Å². The highest BCUT2D eigenvalue weighted by Gasteiger charge is 2.19. The van der Waals surface area contributed by atoms with Crippen molar-refractivity contribution in [3.05, 3.63) is 59.1 Å². The fourth-order valence-corrected chi connectivity index (χ4v) is 3.29. The van der Waals surface area contributed by atoms with E-state index in [1.807, 2.05) is 0 Å². The molecule has 0 aliphatic carbocycles. The van der Waals surface area contributed by atoms with Gasteiger partial charge in [0.15, 0.2) is 0 Å². The highest BCUT2D eigenvalue weighted by atomic mass is 35.5. The monoisotopic (exact) mass is 396 g/mol. The number of hydrogen-bond acceptors (Lipinski definition) is 4. The second-order valence-corrected chi connectivity index (χ2v) is 8.10. The lowest BCUT2D eigenvalue weighted by molar-refractivity contribution is -0.116. The van der Waals surface area contributed by atoms with Crippen LogP contribution in [0, 0.1) is 0 Å². The van der Waals surface area contributed by atoms with Crippen LogP contribution < -0.4 is 10.1 Å². The SMILES string of the molecule is COc1ccc(NC(=O)CCN(Cc2ccccc2Cl)S(C)(=O)=O)cc1. The topological polar surface area (TPSA) is 75.7 Å². The van der Waals surface area contributed by atoms with Crippen LogP contribution in [0.4, 0.5) is 5.69 Å². The number of sulfonamides is 1. The van der Waals surface area contributed by atoms with E-state index in [9.17, 15) is 13.2 Å². The van der Waals surface area contributed by atoms with E-state index in [1.165, 1.54) is 4.31 Å². The Balaban J connectivity index is 1.98. The van der Waals surface area contributed by atoms with Crippen molar-refractivity contribution >= 4 is 33.2 Å². The van der Waals surface area contributed by atoms with Gasteiger partial charge in [0.05, 0.1) is 13.4 Å². The number of ether oxygens (including phenoxy) is 1. The molecule has 0 radical (unpaired) electrons. The van der Waals surface area contributed by atoms with Crippen LogP contribution in [-0.4, -0.2) is 38.5 Å². The quantitative estimate of drug-likeness (QED) is 0.743. The summed E-state index contributed by atoms with van der Waals surface area (Å²) in [6.45, 7) is 0.181. The number of anilines is 1. The van der Waals surface area contributed by atoms with Crippen molar-refractivity contribution in [1.82, 2.24) is 4.31 Å². The van der Waals surface area contributed by atoms with Crippen LogP contribution in [0.3, 0.4) is 0 Å². The Morgan fingerprint density at radius 3 is 2.38 bits per heavy atom. The summed E-state index contributed by atoms with van der Waals surface area (Å²) in [5.41, 5.74) is 1.31. The number of nitrogens with zero attached hydrogens (tertiary/aromatic N) is 1. The second kappa shape index (κ2) is 9.02. The van der Waals surface area contributed by atoms with Gasteiger partial charge in [-0.3, -0.25) is 4.79 Å². The normalized spacial score (nSPS) is 11.4. The second-order valence-electron chi connectivity index (χ2n) is 5.71. The molecule has 0 saturated heterocycles. The van der Waals surface area contributed by atoms with Crippen LogP contribution in [0.1, 0.15) is 12.0 Å². The van der Waals surface area contributed by atoms with E-state index in [2.05, 4.69) is 5.32 Å². The summed E-state index contributed by atoms with van der Waals surface area (Å²) in [5, 5.41) is 3.22. The molecule has 2 aromatic carbocycles. The van der Waals surface area contributed by atoms with Crippen molar-refractivity contribution in [2.45, 2.75) is 13.0 Å². The average Bonchev–Trinajstić information content (AvgIpc) is 2.59. The molecule has 0 bridgehead atoms. The molecular formula is C18H21ClN2O4S. The molecule has 6 nitrogen and oxygen atoms in total. The number of benzene rings is 2. The number of amides is 1. The van der Waals surface area contributed by atoms with Crippen LogP contribution in [0.25, 0.3) is 0 Å². The van der Waals surface area contributed by atoms with Crippen LogP contribution in [0.15, 0.2) is 48.5 Å². The van der Waals surface area contributed by atoms with Crippen molar-refractivity contribution in [1.29, 1.82) is 0 Å². The molecule has 0 fully saturated rings. The molecule has 0 atom stereocenters. The van der Waals surface area contributed by atoms with E-state index < -0.39 is 10.0 Å². The minimum Gasteiger partial charge on any atom is -0.497 e. The molecular weight excluding hydrogens is 376 g/mol. The van der Waals surface area contributed by atoms with Gasteiger partial charge in [0.1, 0.15) is 5.75 Å². The summed E-state index contributed by atoms with van der Waals surface area (Å²) in [7, 11) is -1.92. The van der Waals surface area contributed by atoms with Gasteiger partial charge in [-0.05, 0) is 35.9 Å². The largest absolute Gasteiger partial charge is 0.497 e. The van der Waals surface area contributed by atoms with Gasteiger partial charge in [-0.1, -0.05) is 29.8 Å². The van der Waals surface area contributed by atoms with Gasteiger partial charge in [0.2, 0.25) is 15.9 Å². The molecule has 8 heteroatoms. The maximum absolute atomic E-state index is 12.1. The first-order valence-corrected chi connectivity index (χ1v) is 10.1. The molecule has 0 aromatic heterocycles. The minimum absolute atomic E-state index is 0.0313. The molecule has 2 rings (SSSR count). The highest BCUT2D eigenvalue weighted by molar-refractivity contribution is 7.88. The third-order valence-corrected chi connectivity index (χ3v) is 5.35. The molecule has 0 aliphatic rings. The first-order valence-electron chi connectivity index (χ1n) is 7.92. The standard InChI is InChI=1S/C18H21ClN2O4S/c1-25-16-9-7-15(8-10-16)20-18(22)11-12-21(26(2,23)24)13-14-5-3-4-6-17(14)19/h3-10H,11-13H2,1-2H3,(H,20,22). The number of nitrogens with one attached hydrogen (secondary N) is 1. The Labute approximate surface area is 158 Å². The lowest BCUT2D eigenvalue weighted by Gasteiger charge is -2.20. The Morgan fingerprint density at radius 2 is 1.81 bits per heavy atom. The smallest absolute Gasteiger partial charge is 0.225 e. The number of carbonyl (C=O) groups excluding carboxylic acids is 1. The molecule has 0 aliphatic heterocycles. The molecule has 26 heavy (non-hydrogen) atoms. The number of carbonyl (C=O) groups is 1. The Bertz CT molecular complexity index is 854. The number of hydrogen-bond donors (Lipinski definition) is 1. The molecule has 1 amide bonds. The zero-order valence-corrected chi connectivity index (χ0v) is 16.2. The lowest BCUT2D eigenvalue weighted by Crippen LogP contribution is -2.32. The molecule has 0 heterocycles. The summed E-state index contributed by atoms with van der Waals surface area (Å²) in [6, 6.07) is 13.9. The van der Waals surface area contributed by atoms with Gasteiger partial charge in [0.25, 0.3) is 0 Å². The summed E-state index contributed by atoms with van der Waals surface area (Å²) in [4.78, 5) is 12.1. The predicted molar refractivity (Wildman–Crippen MR) is 103 cm³/mol. The van der Waals surface area contributed by atoms with Crippen LogP contribution in [0.2, 0.25) is 5.02 Å². The van der Waals surface area contributed by atoms with Gasteiger partial charge in [-0.15, -0.1) is 0 Å². The first-order chi connectivity index (χ1) is 12.3. The average molecular weight is 397 g/mol. The van der Waals surface area contributed by atoms with Crippen molar-refractivity contribution in [3.8, 4) is 5.75 Å². The van der Waals surface area contributed by atoms with Crippen LogP contribution in [0.5, 0.6) is 5.75 Å². The molecule has 0 unspecified atom stereocenters. The summed E-state index contributed by atoms with van der Waals surface area (Å²) < 4.78 is 30.3. The van der Waals surface area contributed by atoms with Crippen molar-refractivity contribution in [2.75, 3.05) is 25.2 Å². The predicted octanol–water partition coefficient (Wildman–Crippen LogP) is 3.14. The Morgan fingerprint density at radius 1 is 1.15 bits per heavy atom. The number of rotatable bonds is 8. The minimum atomic E-state index is -3.48. The fourth-order valence-electron chi connectivity index (χ4n) is 2.30. The van der Waals surface area contributed by atoms with Crippen LogP contribution >= 0.6 is 11.6 Å². The van der Waals surface area contributed by atoms with E-state index >= 15 is 0 Å². The molecule has 2 aromatic rings. The number of halogens is 1. The van der Waals surface area contributed by atoms with Gasteiger partial charge in [0, 0.05) is 30.2 Å². The summed E-state index contributed by atoms with van der Waals surface area (Å²) in [5.74, 6) is 0.411. The molecule has 0 spiro atoms. The zero-order valence-electron chi connectivity index (χ0n) is 14.6. The van der Waals surface area contributed by atoms with E-state index in [4.69, 9.17) is 16.3 Å². The first kappa shape index (κ1) is 20.2. The lowest BCUT2D eigenvalue weighted by atomic mass is 10.2. The van der Waals surface area contributed by atoms with Crippen LogP contribution in [-0.2, 0) is 21.4 Å². The fraction of sp³-hybridized carbons (Fsp3) is 0.278.